The van der Waals surface area contributed by atoms with Crippen LogP contribution in [0.15, 0.2) is 60.7 Å². The van der Waals surface area contributed by atoms with Crippen molar-refractivity contribution in [3.05, 3.63) is 71.8 Å². The molecule has 0 aromatic heterocycles. The van der Waals surface area contributed by atoms with Crippen LogP contribution in [0.4, 0.5) is 0 Å². The summed E-state index contributed by atoms with van der Waals surface area (Å²) in [6.07, 6.45) is 14.1. The molecule has 2 N–H and O–H groups in total. The van der Waals surface area contributed by atoms with Crippen molar-refractivity contribution in [3.8, 4) is 0 Å². The number of amides is 5. The van der Waals surface area contributed by atoms with E-state index in [-0.39, 0.29) is 71.2 Å². The molecule has 0 saturated carbocycles. The van der Waals surface area contributed by atoms with Gasteiger partial charge in [0.1, 0.15) is 11.8 Å². The zero-order chi connectivity index (χ0) is 52.8. The molecule has 2 aliphatic heterocycles. The van der Waals surface area contributed by atoms with Gasteiger partial charge in [0.05, 0.1) is 6.04 Å². The zero-order valence-corrected chi connectivity index (χ0v) is 46.4. The van der Waals surface area contributed by atoms with Crippen molar-refractivity contribution in [3.63, 3.8) is 0 Å². The average Bonchev–Trinajstić information content (AvgIpc) is 4.03. The van der Waals surface area contributed by atoms with Crippen LogP contribution in [0.1, 0.15) is 176 Å². The minimum Gasteiger partial charge on any atom is -0.344 e. The number of nitrogens with zero attached hydrogens (tertiary/aromatic N) is 4. The van der Waals surface area contributed by atoms with E-state index in [1.165, 1.54) is 11.1 Å². The fourth-order valence-corrected chi connectivity index (χ4v) is 10.4. The van der Waals surface area contributed by atoms with Gasteiger partial charge in [0.25, 0.3) is 0 Å². The van der Waals surface area contributed by atoms with Crippen molar-refractivity contribution in [2.24, 2.45) is 22.7 Å². The number of ketones is 1. The predicted octanol–water partition coefficient (Wildman–Crippen LogP) is 9.82. The lowest BCUT2D eigenvalue weighted by Crippen LogP contribution is -2.57. The van der Waals surface area contributed by atoms with Crippen LogP contribution in [0.2, 0.25) is 0 Å². The second kappa shape index (κ2) is 30.0. The van der Waals surface area contributed by atoms with E-state index < -0.39 is 17.4 Å². The number of hydrogen-bond acceptors (Lipinski definition) is 7. The maximum Gasteiger partial charge on any atom is 0.246 e. The Hall–Kier alpha value is -4.58. The molecule has 0 spiro atoms. The SMILES string of the molecule is CC[C@@H](C)C(=O)N[C@H](C(=O)N1CCC[C@H]1CN(CCCc1ccccc1)C(=O)CCCCCCCCC(=O)N(CCCc1ccccc1)C[C@@H]1CCCN1C(=O)[C@@H](CC(=O)[C@H](C)NC)C(C)(C)C)C(C)(C)C. The molecule has 2 aromatic rings. The summed E-state index contributed by atoms with van der Waals surface area (Å²) in [5, 5.41) is 6.13. The Bertz CT molecular complexity index is 1840. The van der Waals surface area contributed by atoms with Crippen molar-refractivity contribution >= 4 is 35.3 Å². The third-order valence-electron chi connectivity index (χ3n) is 15.5. The first-order valence-corrected chi connectivity index (χ1v) is 28.0. The van der Waals surface area contributed by atoms with Gasteiger partial charge in [-0.15, -0.1) is 0 Å². The van der Waals surface area contributed by atoms with Crippen LogP contribution in [-0.4, -0.2) is 125 Å². The van der Waals surface area contributed by atoms with Crippen molar-refractivity contribution in [1.29, 1.82) is 0 Å². The second-order valence-corrected chi connectivity index (χ2v) is 23.4. The van der Waals surface area contributed by atoms with Gasteiger partial charge in [-0.3, -0.25) is 28.8 Å². The number of carbonyl (C=O) groups excluding carboxylic acids is 6. The van der Waals surface area contributed by atoms with E-state index in [9.17, 15) is 28.8 Å². The Morgan fingerprint density at radius 2 is 1.07 bits per heavy atom. The summed E-state index contributed by atoms with van der Waals surface area (Å²) >= 11 is 0. The van der Waals surface area contributed by atoms with Crippen LogP contribution in [-0.2, 0) is 41.6 Å². The number of nitrogens with one attached hydrogen (secondary N) is 2. The lowest BCUT2D eigenvalue weighted by atomic mass is 9.76. The molecule has 12 nitrogen and oxygen atoms in total. The zero-order valence-electron chi connectivity index (χ0n) is 46.4. The van der Waals surface area contributed by atoms with Gasteiger partial charge in [-0.25, -0.2) is 0 Å². The first-order valence-electron chi connectivity index (χ1n) is 28.0. The number of likely N-dealkylation sites (tertiary alicyclic amines) is 2. The molecule has 2 fully saturated rings. The van der Waals surface area contributed by atoms with Gasteiger partial charge < -0.3 is 30.2 Å². The molecule has 402 valence electrons. The highest BCUT2D eigenvalue weighted by molar-refractivity contribution is 5.91. The number of likely N-dealkylation sites (N-methyl/N-ethyl adjacent to an activating group) is 1. The van der Waals surface area contributed by atoms with Crippen LogP contribution in [0.3, 0.4) is 0 Å². The lowest BCUT2D eigenvalue weighted by molar-refractivity contribution is -0.144. The number of rotatable bonds is 30. The summed E-state index contributed by atoms with van der Waals surface area (Å²) in [5.74, 6) is -0.439. The standard InChI is InChI=1S/C60H96N6O6/c1-11-45(2)56(70)62-55(60(7,8)9)58(72)66-41-27-35-50(66)44-64(39-25-33-48-30-20-17-21-31-48)54(69)37-23-15-13-12-14-22-36-53(68)63(38-24-32-47-28-18-16-19-29-47)43-49-34-26-40-65(49)57(71)51(59(4,5)6)42-52(67)46(3)61-10/h16-21,28-31,45-46,49-51,55,61H,11-15,22-27,32-44H2,1-10H3,(H,62,70)/t45-,46+,49+,50+,51-,55-/m1/s1. The Morgan fingerprint density at radius 1 is 0.625 bits per heavy atom. The van der Waals surface area contributed by atoms with E-state index in [0.717, 1.165) is 89.9 Å². The van der Waals surface area contributed by atoms with Crippen molar-refractivity contribution in [1.82, 2.24) is 30.2 Å². The van der Waals surface area contributed by atoms with Gasteiger partial charge in [-0.1, -0.05) is 142 Å². The minimum absolute atomic E-state index is 0.0257. The highest BCUT2D eigenvalue weighted by Crippen LogP contribution is 2.34. The molecule has 5 amide bonds. The highest BCUT2D eigenvalue weighted by Gasteiger charge is 2.42. The first kappa shape index (κ1) is 60.0. The van der Waals surface area contributed by atoms with Gasteiger partial charge in [-0.05, 0) is 107 Å². The Balaban J connectivity index is 1.31. The molecule has 0 radical (unpaired) electrons. The number of hydrogen-bond donors (Lipinski definition) is 2. The summed E-state index contributed by atoms with van der Waals surface area (Å²) in [7, 11) is 1.77. The van der Waals surface area contributed by atoms with Crippen molar-refractivity contribution < 1.29 is 28.8 Å². The van der Waals surface area contributed by atoms with Crippen LogP contribution in [0.25, 0.3) is 0 Å². The quantitative estimate of drug-likeness (QED) is 0.0744. The molecule has 6 atom stereocenters. The molecule has 12 heteroatoms. The lowest BCUT2D eigenvalue weighted by Gasteiger charge is -2.37. The Kier molecular flexibility index (Phi) is 25.0. The van der Waals surface area contributed by atoms with Gasteiger partial charge in [0, 0.05) is 82.5 Å². The van der Waals surface area contributed by atoms with Gasteiger partial charge >= 0.3 is 0 Å². The summed E-state index contributed by atoms with van der Waals surface area (Å²) in [4.78, 5) is 90.7. The fraction of sp³-hybridized carbons (Fsp3) is 0.700. The molecular formula is C60H96N6O6. The highest BCUT2D eigenvalue weighted by atomic mass is 16.2. The number of unbranched alkanes of at least 4 members (excludes halogenated alkanes) is 5. The van der Waals surface area contributed by atoms with Gasteiger partial charge in [-0.2, -0.15) is 0 Å². The van der Waals surface area contributed by atoms with E-state index in [2.05, 4.69) is 34.9 Å². The summed E-state index contributed by atoms with van der Waals surface area (Å²) in [6.45, 7) is 21.4. The number of carbonyl (C=O) groups is 6. The Labute approximate surface area is 435 Å². The van der Waals surface area contributed by atoms with E-state index in [0.29, 0.717) is 58.5 Å². The normalized spacial score (nSPS) is 17.8. The van der Waals surface area contributed by atoms with Gasteiger partial charge in [0.2, 0.25) is 29.5 Å². The first-order chi connectivity index (χ1) is 34.2. The maximum absolute atomic E-state index is 14.3. The van der Waals surface area contributed by atoms with E-state index in [4.69, 9.17) is 0 Å². The van der Waals surface area contributed by atoms with E-state index >= 15 is 0 Å². The maximum atomic E-state index is 14.3. The summed E-state index contributed by atoms with van der Waals surface area (Å²) in [5.41, 5.74) is 1.63. The molecule has 2 aliphatic rings. The van der Waals surface area contributed by atoms with E-state index in [1.54, 1.807) is 7.05 Å². The van der Waals surface area contributed by atoms with E-state index in [1.807, 2.05) is 118 Å². The minimum atomic E-state index is -0.646. The monoisotopic (exact) mass is 997 g/mol. The molecule has 2 heterocycles. The summed E-state index contributed by atoms with van der Waals surface area (Å²) < 4.78 is 0. The molecular weight excluding hydrogens is 901 g/mol. The number of aryl methyl sites for hydroxylation is 2. The third-order valence-corrected chi connectivity index (χ3v) is 15.5. The molecule has 0 unspecified atom stereocenters. The fourth-order valence-electron chi connectivity index (χ4n) is 10.4. The predicted molar refractivity (Wildman–Crippen MR) is 291 cm³/mol. The van der Waals surface area contributed by atoms with Gasteiger partial charge in [0.15, 0.2) is 0 Å². The smallest absolute Gasteiger partial charge is 0.246 e. The largest absolute Gasteiger partial charge is 0.344 e. The number of benzene rings is 2. The summed E-state index contributed by atoms with van der Waals surface area (Å²) in [6, 6.07) is 19.6. The molecule has 0 aliphatic carbocycles. The van der Waals surface area contributed by atoms with Crippen LogP contribution in [0.5, 0.6) is 0 Å². The van der Waals surface area contributed by atoms with Crippen LogP contribution in [0, 0.1) is 22.7 Å². The number of Topliss-reactive ketones (excluding diaryl/α,β-unsaturated/α-hetero) is 1. The third kappa shape index (κ3) is 19.4. The molecule has 4 rings (SSSR count). The Morgan fingerprint density at radius 3 is 1.49 bits per heavy atom. The average molecular weight is 997 g/mol. The van der Waals surface area contributed by atoms with Crippen LogP contribution >= 0.6 is 0 Å². The van der Waals surface area contributed by atoms with Crippen LogP contribution < -0.4 is 10.6 Å². The topological polar surface area (TPSA) is 139 Å². The molecule has 2 aromatic carbocycles. The molecule has 2 saturated heterocycles. The molecule has 0 bridgehead atoms. The van der Waals surface area contributed by atoms with Crippen molar-refractivity contribution in [2.75, 3.05) is 46.3 Å². The molecule has 72 heavy (non-hydrogen) atoms. The second-order valence-electron chi connectivity index (χ2n) is 23.4. The van der Waals surface area contributed by atoms with Crippen molar-refractivity contribution in [2.45, 2.75) is 202 Å².